The van der Waals surface area contributed by atoms with Gasteiger partial charge in [-0.15, -0.1) is 0 Å². The molecule has 1 amide bonds. The summed E-state index contributed by atoms with van der Waals surface area (Å²) >= 11 is 0. The standard InChI is InChI=1S/C12H17N3O4/c1-8(7-13)5-12(16)14-10-6-9(15(17)18)3-4-11(10)19-2/h3-4,6,8H,5,7,13H2,1-2H3,(H,14,16). The number of hydrogen-bond acceptors (Lipinski definition) is 5. The molecule has 7 heteroatoms. The number of carbonyl (C=O) groups is 1. The molecule has 1 unspecified atom stereocenters. The van der Waals surface area contributed by atoms with Crippen LogP contribution in [0.1, 0.15) is 13.3 Å². The van der Waals surface area contributed by atoms with Gasteiger partial charge in [-0.05, 0) is 18.5 Å². The van der Waals surface area contributed by atoms with Crippen LogP contribution in [0.25, 0.3) is 0 Å². The van der Waals surface area contributed by atoms with Crippen molar-refractivity contribution in [2.45, 2.75) is 13.3 Å². The fraction of sp³-hybridized carbons (Fsp3) is 0.417. The normalized spacial score (nSPS) is 11.7. The zero-order chi connectivity index (χ0) is 14.4. The maximum Gasteiger partial charge on any atom is 0.271 e. The molecule has 0 saturated carbocycles. The molecule has 7 nitrogen and oxygen atoms in total. The Morgan fingerprint density at radius 2 is 2.26 bits per heavy atom. The smallest absolute Gasteiger partial charge is 0.271 e. The van der Waals surface area contributed by atoms with Gasteiger partial charge in [-0.1, -0.05) is 6.92 Å². The van der Waals surface area contributed by atoms with Crippen LogP contribution in [-0.2, 0) is 4.79 Å². The SMILES string of the molecule is COc1ccc([N+](=O)[O-])cc1NC(=O)CC(C)CN. The second-order valence-corrected chi connectivity index (χ2v) is 4.23. The number of amides is 1. The van der Waals surface area contributed by atoms with Crippen molar-refractivity contribution in [1.82, 2.24) is 0 Å². The van der Waals surface area contributed by atoms with E-state index in [0.717, 1.165) is 0 Å². The lowest BCUT2D eigenvalue weighted by atomic mass is 10.1. The maximum atomic E-state index is 11.7. The molecule has 104 valence electrons. The topological polar surface area (TPSA) is 107 Å². The van der Waals surface area contributed by atoms with Crippen molar-refractivity contribution in [2.24, 2.45) is 11.7 Å². The fourth-order valence-corrected chi connectivity index (χ4v) is 1.51. The summed E-state index contributed by atoms with van der Waals surface area (Å²) in [6, 6.07) is 4.03. The van der Waals surface area contributed by atoms with Crippen LogP contribution in [0.15, 0.2) is 18.2 Å². The second-order valence-electron chi connectivity index (χ2n) is 4.23. The van der Waals surface area contributed by atoms with Crippen LogP contribution in [0, 0.1) is 16.0 Å². The van der Waals surface area contributed by atoms with Crippen molar-refractivity contribution in [1.29, 1.82) is 0 Å². The zero-order valence-electron chi connectivity index (χ0n) is 10.9. The van der Waals surface area contributed by atoms with Gasteiger partial charge in [-0.2, -0.15) is 0 Å². The highest BCUT2D eigenvalue weighted by Gasteiger charge is 2.14. The number of benzene rings is 1. The summed E-state index contributed by atoms with van der Waals surface area (Å²) in [7, 11) is 1.43. The molecule has 0 fully saturated rings. The number of ether oxygens (including phenoxy) is 1. The van der Waals surface area contributed by atoms with Crippen molar-refractivity contribution in [3.63, 3.8) is 0 Å². The minimum Gasteiger partial charge on any atom is -0.495 e. The molecule has 1 aromatic rings. The fourth-order valence-electron chi connectivity index (χ4n) is 1.51. The minimum absolute atomic E-state index is 0.0460. The van der Waals surface area contributed by atoms with E-state index in [4.69, 9.17) is 10.5 Å². The Balaban J connectivity index is 2.88. The third kappa shape index (κ3) is 4.22. The van der Waals surface area contributed by atoms with Crippen LogP contribution < -0.4 is 15.8 Å². The van der Waals surface area contributed by atoms with Gasteiger partial charge in [0.2, 0.25) is 5.91 Å². The highest BCUT2D eigenvalue weighted by atomic mass is 16.6. The predicted octanol–water partition coefficient (Wildman–Crippen LogP) is 1.53. The zero-order valence-corrected chi connectivity index (χ0v) is 10.9. The van der Waals surface area contributed by atoms with Crippen molar-refractivity contribution in [2.75, 3.05) is 19.0 Å². The van der Waals surface area contributed by atoms with Gasteiger partial charge in [0.15, 0.2) is 0 Å². The number of nitrogens with one attached hydrogen (secondary N) is 1. The molecule has 0 aliphatic heterocycles. The van der Waals surface area contributed by atoms with Gasteiger partial charge in [0.25, 0.3) is 5.69 Å². The van der Waals surface area contributed by atoms with E-state index >= 15 is 0 Å². The molecule has 0 radical (unpaired) electrons. The van der Waals surface area contributed by atoms with Gasteiger partial charge >= 0.3 is 0 Å². The minimum atomic E-state index is -0.530. The third-order valence-corrected chi connectivity index (χ3v) is 2.60. The number of methoxy groups -OCH3 is 1. The molecule has 19 heavy (non-hydrogen) atoms. The summed E-state index contributed by atoms with van der Waals surface area (Å²) in [5, 5.41) is 13.3. The lowest BCUT2D eigenvalue weighted by Crippen LogP contribution is -2.20. The van der Waals surface area contributed by atoms with Crippen LogP contribution >= 0.6 is 0 Å². The Morgan fingerprint density at radius 1 is 1.58 bits per heavy atom. The van der Waals surface area contributed by atoms with Gasteiger partial charge in [0, 0.05) is 18.6 Å². The first-order chi connectivity index (χ1) is 8.97. The number of nitrogens with zero attached hydrogens (tertiary/aromatic N) is 1. The number of nitrogens with two attached hydrogens (primary N) is 1. The van der Waals surface area contributed by atoms with E-state index < -0.39 is 4.92 Å². The summed E-state index contributed by atoms with van der Waals surface area (Å²) < 4.78 is 5.05. The first-order valence-electron chi connectivity index (χ1n) is 5.80. The lowest BCUT2D eigenvalue weighted by Gasteiger charge is -2.12. The molecule has 1 atom stereocenters. The van der Waals surface area contributed by atoms with Crippen molar-refractivity contribution >= 4 is 17.3 Å². The molecule has 0 saturated heterocycles. The van der Waals surface area contributed by atoms with Crippen molar-refractivity contribution < 1.29 is 14.5 Å². The number of anilines is 1. The number of rotatable bonds is 6. The van der Waals surface area contributed by atoms with E-state index in [-0.39, 0.29) is 29.6 Å². The lowest BCUT2D eigenvalue weighted by molar-refractivity contribution is -0.384. The first-order valence-corrected chi connectivity index (χ1v) is 5.80. The van der Waals surface area contributed by atoms with Gasteiger partial charge in [-0.25, -0.2) is 0 Å². The second kappa shape index (κ2) is 6.69. The molecule has 0 aliphatic rings. The first kappa shape index (κ1) is 14.9. The van der Waals surface area contributed by atoms with Gasteiger partial charge in [0.05, 0.1) is 17.7 Å². The molecule has 1 aromatic carbocycles. The van der Waals surface area contributed by atoms with E-state index in [1.807, 2.05) is 6.92 Å². The summed E-state index contributed by atoms with van der Waals surface area (Å²) in [6.45, 7) is 2.25. The Labute approximate surface area is 110 Å². The molecular formula is C12H17N3O4. The van der Waals surface area contributed by atoms with Crippen LogP contribution in [0.2, 0.25) is 0 Å². The molecule has 3 N–H and O–H groups in total. The average molecular weight is 267 g/mol. The average Bonchev–Trinajstić information content (AvgIpc) is 2.38. The molecule has 0 aromatic heterocycles. The van der Waals surface area contributed by atoms with Crippen LogP contribution in [0.4, 0.5) is 11.4 Å². The van der Waals surface area contributed by atoms with Crippen molar-refractivity contribution in [3.05, 3.63) is 28.3 Å². The number of hydrogen-bond donors (Lipinski definition) is 2. The van der Waals surface area contributed by atoms with Gasteiger partial charge in [0.1, 0.15) is 5.75 Å². The highest BCUT2D eigenvalue weighted by Crippen LogP contribution is 2.29. The third-order valence-electron chi connectivity index (χ3n) is 2.60. The molecule has 0 heterocycles. The van der Waals surface area contributed by atoms with E-state index in [0.29, 0.717) is 12.3 Å². The summed E-state index contributed by atoms with van der Waals surface area (Å²) in [5.41, 5.74) is 5.61. The number of nitro benzene ring substituents is 1. The number of non-ortho nitro benzene ring substituents is 1. The Morgan fingerprint density at radius 3 is 2.79 bits per heavy atom. The number of carbonyl (C=O) groups excluding carboxylic acids is 1. The Bertz CT molecular complexity index is 476. The molecule has 0 bridgehead atoms. The highest BCUT2D eigenvalue weighted by molar-refractivity contribution is 5.92. The Hall–Kier alpha value is -2.15. The van der Waals surface area contributed by atoms with E-state index in [1.165, 1.54) is 25.3 Å². The van der Waals surface area contributed by atoms with Crippen molar-refractivity contribution in [3.8, 4) is 5.75 Å². The summed E-state index contributed by atoms with van der Waals surface area (Å²) in [4.78, 5) is 21.9. The Kier molecular flexibility index (Phi) is 5.25. The summed E-state index contributed by atoms with van der Waals surface area (Å²) in [6.07, 6.45) is 0.252. The van der Waals surface area contributed by atoms with E-state index in [2.05, 4.69) is 5.32 Å². The largest absolute Gasteiger partial charge is 0.495 e. The number of nitro groups is 1. The molecule has 0 aliphatic carbocycles. The summed E-state index contributed by atoms with van der Waals surface area (Å²) in [5.74, 6) is 0.167. The van der Waals surface area contributed by atoms with Crippen LogP contribution in [0.5, 0.6) is 5.75 Å². The quantitative estimate of drug-likeness (QED) is 0.600. The van der Waals surface area contributed by atoms with Gasteiger partial charge < -0.3 is 15.8 Å². The molecular weight excluding hydrogens is 250 g/mol. The van der Waals surface area contributed by atoms with E-state index in [1.54, 1.807) is 0 Å². The molecule has 0 spiro atoms. The predicted molar refractivity (Wildman–Crippen MR) is 71.1 cm³/mol. The van der Waals surface area contributed by atoms with E-state index in [9.17, 15) is 14.9 Å². The monoisotopic (exact) mass is 267 g/mol. The van der Waals surface area contributed by atoms with Crippen LogP contribution in [-0.4, -0.2) is 24.5 Å². The van der Waals surface area contributed by atoms with Gasteiger partial charge in [-0.3, -0.25) is 14.9 Å². The maximum absolute atomic E-state index is 11.7. The molecule has 1 rings (SSSR count). The van der Waals surface area contributed by atoms with Crippen LogP contribution in [0.3, 0.4) is 0 Å².